The molecule has 0 bridgehead atoms. The van der Waals surface area contributed by atoms with Gasteiger partial charge in [-0.05, 0) is 62.8 Å². The molecule has 66 heavy (non-hydrogen) atoms. The Morgan fingerprint density at radius 3 is 1.42 bits per heavy atom. The number of amides is 2. The van der Waals surface area contributed by atoms with E-state index in [2.05, 4.69) is 52.1 Å². The Morgan fingerprint density at radius 1 is 0.652 bits per heavy atom. The molecule has 4 fully saturated rings. The van der Waals surface area contributed by atoms with Crippen molar-refractivity contribution in [2.75, 3.05) is 76.0 Å². The third kappa shape index (κ3) is 9.29. The summed E-state index contributed by atoms with van der Waals surface area (Å²) in [4.78, 5) is 61.1. The number of ether oxygens (including phenoxy) is 4. The summed E-state index contributed by atoms with van der Waals surface area (Å²) in [6, 6.07) is 10.8. The lowest BCUT2D eigenvalue weighted by atomic mass is 10.1. The maximum absolute atomic E-state index is 13.1. The Hall–Kier alpha value is -6.88. The van der Waals surface area contributed by atoms with Crippen LogP contribution in [0.1, 0.15) is 71.3 Å². The van der Waals surface area contributed by atoms with Crippen molar-refractivity contribution in [3.05, 3.63) is 93.0 Å². The second-order valence-corrected chi connectivity index (χ2v) is 16.5. The average Bonchev–Trinajstić information content (AvgIpc) is 4.18. The zero-order chi connectivity index (χ0) is 45.9. The zero-order valence-corrected chi connectivity index (χ0v) is 37.2. The number of carbonyl (C=O) groups excluding carboxylic acids is 2. The van der Waals surface area contributed by atoms with Crippen LogP contribution in [0.4, 0.5) is 34.6 Å². The van der Waals surface area contributed by atoms with Crippen molar-refractivity contribution in [2.45, 2.75) is 74.9 Å². The standard InChI is InChI=1S/2C22H27N7O4/c2*1-23-19-11-18(25-15-4-3-7-28(22(15)31)13-5-8-33-9-6-13)27-20-14(12-24-29(19)20)21(30)26-16-10-17(16)32-2/h2*3-4,7,11-13,16-17,23H,5-6,8-10H2,1-2H3,(H,25,27)(H,26,30)/t2*16-,17-/m10/s1. The molecule has 2 saturated heterocycles. The molecule has 0 radical (unpaired) electrons. The number of hydrogen-bond acceptors (Lipinski definition) is 16. The van der Waals surface area contributed by atoms with Crippen LogP contribution in [0.5, 0.6) is 0 Å². The van der Waals surface area contributed by atoms with Gasteiger partial charge in [-0.15, -0.1) is 0 Å². The predicted octanol–water partition coefficient (Wildman–Crippen LogP) is 3.09. The van der Waals surface area contributed by atoms with Crippen molar-refractivity contribution in [1.82, 2.24) is 49.0 Å². The Balaban J connectivity index is 0.000000166. The van der Waals surface area contributed by atoms with E-state index < -0.39 is 0 Å². The molecule has 4 aliphatic rings. The van der Waals surface area contributed by atoms with Crippen molar-refractivity contribution in [2.24, 2.45) is 0 Å². The number of nitrogens with one attached hydrogen (secondary N) is 6. The molecule has 2 amide bonds. The molecule has 6 aromatic heterocycles. The molecular formula is C44H54N14O8. The van der Waals surface area contributed by atoms with Crippen molar-refractivity contribution in [3.8, 4) is 0 Å². The number of aromatic nitrogens is 8. The quantitative estimate of drug-likeness (QED) is 0.0920. The van der Waals surface area contributed by atoms with Crippen LogP contribution in [0.15, 0.2) is 70.8 Å². The van der Waals surface area contributed by atoms with E-state index in [0.29, 0.717) is 83.5 Å². The van der Waals surface area contributed by atoms with E-state index in [4.69, 9.17) is 18.9 Å². The number of anilines is 6. The highest BCUT2D eigenvalue weighted by molar-refractivity contribution is 6.01. The lowest BCUT2D eigenvalue weighted by molar-refractivity contribution is 0.0686. The first kappa shape index (κ1) is 44.3. The van der Waals surface area contributed by atoms with Crippen LogP contribution in [0.3, 0.4) is 0 Å². The number of methoxy groups -OCH3 is 2. The molecule has 6 N–H and O–H groups in total. The van der Waals surface area contributed by atoms with Gasteiger partial charge in [-0.2, -0.15) is 19.2 Å². The van der Waals surface area contributed by atoms with Gasteiger partial charge in [0.1, 0.15) is 45.8 Å². The summed E-state index contributed by atoms with van der Waals surface area (Å²) in [6.45, 7) is 2.60. The van der Waals surface area contributed by atoms with Gasteiger partial charge in [0, 0.05) is 91.4 Å². The summed E-state index contributed by atoms with van der Waals surface area (Å²) in [5, 5.41) is 26.9. The molecule has 10 rings (SSSR count). The molecule has 22 heteroatoms. The number of pyridine rings is 2. The second kappa shape index (κ2) is 19.3. The van der Waals surface area contributed by atoms with Crippen LogP contribution in [-0.4, -0.2) is 129 Å². The van der Waals surface area contributed by atoms with E-state index in [1.165, 1.54) is 12.4 Å². The summed E-state index contributed by atoms with van der Waals surface area (Å²) >= 11 is 0. The largest absolute Gasteiger partial charge is 0.381 e. The molecule has 0 unspecified atom stereocenters. The Labute approximate surface area is 378 Å². The van der Waals surface area contributed by atoms with E-state index >= 15 is 0 Å². The van der Waals surface area contributed by atoms with Crippen LogP contribution in [0.2, 0.25) is 0 Å². The predicted molar refractivity (Wildman–Crippen MR) is 245 cm³/mol. The lowest BCUT2D eigenvalue weighted by Crippen LogP contribution is -2.29. The zero-order valence-electron chi connectivity index (χ0n) is 37.2. The number of carbonyl (C=O) groups is 2. The van der Waals surface area contributed by atoms with Gasteiger partial charge in [0.15, 0.2) is 11.3 Å². The monoisotopic (exact) mass is 906 g/mol. The van der Waals surface area contributed by atoms with Gasteiger partial charge in [-0.3, -0.25) is 19.2 Å². The number of nitrogens with zero attached hydrogens (tertiary/aromatic N) is 8. The highest BCUT2D eigenvalue weighted by atomic mass is 16.5. The van der Waals surface area contributed by atoms with E-state index in [0.717, 1.165) is 38.5 Å². The Kier molecular flexibility index (Phi) is 13.0. The summed E-state index contributed by atoms with van der Waals surface area (Å²) < 4.78 is 28.0. The smallest absolute Gasteiger partial charge is 0.274 e. The third-order valence-corrected chi connectivity index (χ3v) is 12.3. The molecule has 0 spiro atoms. The van der Waals surface area contributed by atoms with E-state index in [1.54, 1.807) is 70.7 Å². The molecule has 8 heterocycles. The van der Waals surface area contributed by atoms with Crippen molar-refractivity contribution in [1.29, 1.82) is 0 Å². The van der Waals surface area contributed by atoms with Crippen LogP contribution in [0, 0.1) is 0 Å². The fourth-order valence-electron chi connectivity index (χ4n) is 8.38. The molecule has 2 aliphatic carbocycles. The SMILES string of the molecule is CNc1cc(Nc2cccn(C3CCOCC3)c2=O)nc2c(C(=O)N[C@@H]3C[C@H]3OC)cnn12.CNc1cc(Nc2cccn(C3CCOCC3)c2=O)nc2c(C(=O)N[C@H]3C[C@@H]3OC)cnn12. The van der Waals surface area contributed by atoms with Crippen molar-refractivity contribution >= 4 is 57.8 Å². The highest BCUT2D eigenvalue weighted by Gasteiger charge is 2.40. The molecule has 348 valence electrons. The highest BCUT2D eigenvalue weighted by Crippen LogP contribution is 2.28. The first-order chi connectivity index (χ1) is 32.2. The van der Waals surface area contributed by atoms with Gasteiger partial charge in [-0.1, -0.05) is 0 Å². The Bertz CT molecular complexity index is 2650. The fraction of sp³-hybridized carbons (Fsp3) is 0.455. The van der Waals surface area contributed by atoms with Crippen LogP contribution >= 0.6 is 0 Å². The van der Waals surface area contributed by atoms with E-state index in [1.807, 2.05) is 24.5 Å². The summed E-state index contributed by atoms with van der Waals surface area (Å²) in [6.07, 6.45) is 11.5. The first-order valence-corrected chi connectivity index (χ1v) is 22.1. The van der Waals surface area contributed by atoms with Gasteiger partial charge in [0.25, 0.3) is 22.9 Å². The lowest BCUT2D eigenvalue weighted by Gasteiger charge is -2.24. The summed E-state index contributed by atoms with van der Waals surface area (Å²) in [7, 11) is 6.77. The van der Waals surface area contributed by atoms with Gasteiger partial charge >= 0.3 is 0 Å². The van der Waals surface area contributed by atoms with Crippen LogP contribution < -0.4 is 43.0 Å². The van der Waals surface area contributed by atoms with E-state index in [9.17, 15) is 19.2 Å². The number of hydrogen-bond donors (Lipinski definition) is 6. The second-order valence-electron chi connectivity index (χ2n) is 16.5. The third-order valence-electron chi connectivity index (χ3n) is 12.3. The molecule has 6 aromatic rings. The minimum Gasteiger partial charge on any atom is -0.381 e. The first-order valence-electron chi connectivity index (χ1n) is 22.1. The molecule has 2 saturated carbocycles. The number of rotatable bonds is 14. The topological polar surface area (TPSA) is 248 Å². The normalized spacial score (nSPS) is 20.5. The summed E-state index contributed by atoms with van der Waals surface area (Å²) in [5.41, 5.74) is 2.05. The number of fused-ring (bicyclic) bond motifs is 2. The minimum atomic E-state index is -0.261. The van der Waals surface area contributed by atoms with Gasteiger partial charge in [0.2, 0.25) is 0 Å². The molecule has 22 nitrogen and oxygen atoms in total. The molecule has 0 aromatic carbocycles. The van der Waals surface area contributed by atoms with Gasteiger partial charge in [0.05, 0.1) is 36.7 Å². The molecule has 2 aliphatic heterocycles. The maximum Gasteiger partial charge on any atom is 0.274 e. The van der Waals surface area contributed by atoms with Gasteiger partial charge < -0.3 is 60.0 Å². The molecular weight excluding hydrogens is 853 g/mol. The van der Waals surface area contributed by atoms with Crippen LogP contribution in [0.25, 0.3) is 11.3 Å². The maximum atomic E-state index is 13.1. The Morgan fingerprint density at radius 2 is 1.06 bits per heavy atom. The van der Waals surface area contributed by atoms with Crippen molar-refractivity contribution < 1.29 is 28.5 Å². The molecule has 4 atom stereocenters. The van der Waals surface area contributed by atoms with E-state index in [-0.39, 0.29) is 59.3 Å². The van der Waals surface area contributed by atoms with Crippen LogP contribution in [-0.2, 0) is 18.9 Å². The van der Waals surface area contributed by atoms with Crippen molar-refractivity contribution in [3.63, 3.8) is 0 Å². The fourth-order valence-corrected chi connectivity index (χ4v) is 8.38. The summed E-state index contributed by atoms with van der Waals surface area (Å²) in [5.74, 6) is 1.60. The van der Waals surface area contributed by atoms with Gasteiger partial charge in [-0.25, -0.2) is 9.97 Å². The average molecular weight is 907 g/mol. The minimum absolute atomic E-state index is 0.00417.